The minimum Gasteiger partial charge on any atom is -0.323 e. The summed E-state index contributed by atoms with van der Waals surface area (Å²) in [6, 6.07) is 3.34. The maximum absolute atomic E-state index is 12.4. The zero-order chi connectivity index (χ0) is 12.8. The molecule has 0 saturated carbocycles. The maximum atomic E-state index is 12.4. The summed E-state index contributed by atoms with van der Waals surface area (Å²) >= 11 is 0. The first kappa shape index (κ1) is 12.6. The van der Waals surface area contributed by atoms with E-state index in [1.54, 1.807) is 6.07 Å². The van der Waals surface area contributed by atoms with Gasteiger partial charge in [-0.2, -0.15) is 0 Å². The quantitative estimate of drug-likeness (QED) is 0.879. The SMILES string of the molecule is CCCC1C(N)c2cc(C)c(C)cc2S1(=O)=O. The van der Waals surface area contributed by atoms with Crippen LogP contribution in [0.1, 0.15) is 42.5 Å². The third-order valence-corrected chi connectivity index (χ3v) is 5.96. The van der Waals surface area contributed by atoms with Crippen molar-refractivity contribution < 1.29 is 8.42 Å². The molecule has 0 aliphatic carbocycles. The lowest BCUT2D eigenvalue weighted by molar-refractivity contribution is 0.555. The Balaban J connectivity index is 2.62. The molecule has 1 aromatic rings. The lowest BCUT2D eigenvalue weighted by Gasteiger charge is -2.13. The van der Waals surface area contributed by atoms with Crippen LogP contribution in [0.3, 0.4) is 0 Å². The topological polar surface area (TPSA) is 60.2 Å². The summed E-state index contributed by atoms with van der Waals surface area (Å²) in [6.45, 7) is 5.91. The van der Waals surface area contributed by atoms with Crippen molar-refractivity contribution in [1.82, 2.24) is 0 Å². The number of aryl methyl sites for hydroxylation is 2. The molecule has 2 N–H and O–H groups in total. The molecule has 2 atom stereocenters. The highest BCUT2D eigenvalue weighted by Gasteiger charge is 2.42. The predicted molar refractivity (Wildman–Crippen MR) is 68.7 cm³/mol. The molecule has 1 aliphatic rings. The van der Waals surface area contributed by atoms with Crippen LogP contribution in [0.15, 0.2) is 17.0 Å². The van der Waals surface area contributed by atoms with Gasteiger partial charge in [0, 0.05) is 6.04 Å². The fourth-order valence-corrected chi connectivity index (χ4v) is 4.76. The Kier molecular flexibility index (Phi) is 3.04. The first-order valence-corrected chi connectivity index (χ1v) is 7.54. The van der Waals surface area contributed by atoms with Crippen molar-refractivity contribution in [3.05, 3.63) is 28.8 Å². The fourth-order valence-electron chi connectivity index (χ4n) is 2.49. The van der Waals surface area contributed by atoms with Gasteiger partial charge >= 0.3 is 0 Å². The molecule has 2 rings (SSSR count). The summed E-state index contributed by atoms with van der Waals surface area (Å²) in [7, 11) is -3.22. The summed E-state index contributed by atoms with van der Waals surface area (Å²) in [5, 5.41) is -0.441. The molecule has 0 fully saturated rings. The molecule has 0 amide bonds. The van der Waals surface area contributed by atoms with E-state index in [4.69, 9.17) is 5.73 Å². The van der Waals surface area contributed by atoms with Crippen molar-refractivity contribution in [3.8, 4) is 0 Å². The fraction of sp³-hybridized carbons (Fsp3) is 0.538. The van der Waals surface area contributed by atoms with E-state index in [0.717, 1.165) is 23.1 Å². The molecule has 4 heteroatoms. The van der Waals surface area contributed by atoms with Gasteiger partial charge in [0.25, 0.3) is 0 Å². The van der Waals surface area contributed by atoms with Gasteiger partial charge in [0.1, 0.15) is 0 Å². The van der Waals surface area contributed by atoms with Crippen LogP contribution in [0.4, 0.5) is 0 Å². The van der Waals surface area contributed by atoms with E-state index < -0.39 is 15.1 Å². The highest BCUT2D eigenvalue weighted by molar-refractivity contribution is 7.92. The van der Waals surface area contributed by atoms with Gasteiger partial charge in [0.05, 0.1) is 10.1 Å². The van der Waals surface area contributed by atoms with Gasteiger partial charge in [-0.15, -0.1) is 0 Å². The van der Waals surface area contributed by atoms with E-state index in [1.165, 1.54) is 0 Å². The number of hydrogen-bond donors (Lipinski definition) is 1. The second-order valence-corrected chi connectivity index (χ2v) is 7.01. The van der Waals surface area contributed by atoms with E-state index in [1.807, 2.05) is 26.8 Å². The van der Waals surface area contributed by atoms with Crippen LogP contribution >= 0.6 is 0 Å². The Bertz CT molecular complexity index is 549. The normalized spacial score (nSPS) is 25.9. The predicted octanol–water partition coefficient (Wildman–Crippen LogP) is 2.26. The Morgan fingerprint density at radius 2 is 1.82 bits per heavy atom. The van der Waals surface area contributed by atoms with Crippen molar-refractivity contribution in [1.29, 1.82) is 0 Å². The number of hydrogen-bond acceptors (Lipinski definition) is 3. The van der Waals surface area contributed by atoms with E-state index >= 15 is 0 Å². The Labute approximate surface area is 103 Å². The zero-order valence-electron chi connectivity index (χ0n) is 10.5. The highest BCUT2D eigenvalue weighted by atomic mass is 32.2. The molecular weight excluding hydrogens is 234 g/mol. The van der Waals surface area contributed by atoms with Gasteiger partial charge in [-0.25, -0.2) is 8.42 Å². The summed E-state index contributed by atoms with van der Waals surface area (Å²) in [6.07, 6.45) is 1.47. The maximum Gasteiger partial charge on any atom is 0.183 e. The van der Waals surface area contributed by atoms with Crippen molar-refractivity contribution in [2.75, 3.05) is 0 Å². The van der Waals surface area contributed by atoms with Crippen LogP contribution in [0, 0.1) is 13.8 Å². The van der Waals surface area contributed by atoms with Gasteiger partial charge in [-0.3, -0.25) is 0 Å². The molecule has 0 radical (unpaired) electrons. The molecule has 1 aliphatic heterocycles. The van der Waals surface area contributed by atoms with E-state index in [0.29, 0.717) is 11.3 Å². The molecule has 0 spiro atoms. The second kappa shape index (κ2) is 4.10. The molecular formula is C13H19NO2S. The molecule has 1 aromatic carbocycles. The minimum absolute atomic E-state index is 0.366. The van der Waals surface area contributed by atoms with Crippen LogP contribution in [0.25, 0.3) is 0 Å². The molecule has 17 heavy (non-hydrogen) atoms. The molecule has 1 heterocycles. The van der Waals surface area contributed by atoms with Gasteiger partial charge in [-0.05, 0) is 43.0 Å². The minimum atomic E-state index is -3.22. The third-order valence-electron chi connectivity index (χ3n) is 3.66. The summed E-state index contributed by atoms with van der Waals surface area (Å²) in [5.74, 6) is 0. The van der Waals surface area contributed by atoms with Crippen LogP contribution in [-0.2, 0) is 9.84 Å². The second-order valence-electron chi connectivity index (χ2n) is 4.87. The lowest BCUT2D eigenvalue weighted by Crippen LogP contribution is -2.26. The number of rotatable bonds is 2. The molecule has 94 valence electrons. The monoisotopic (exact) mass is 253 g/mol. The molecule has 0 saturated heterocycles. The van der Waals surface area contributed by atoms with Crippen molar-refractivity contribution in [2.45, 2.75) is 49.8 Å². The summed E-state index contributed by atoms with van der Waals surface area (Å²) in [5.41, 5.74) is 9.00. The number of fused-ring (bicyclic) bond motifs is 1. The third kappa shape index (κ3) is 1.79. The van der Waals surface area contributed by atoms with Gasteiger partial charge in [0.15, 0.2) is 9.84 Å². The molecule has 3 nitrogen and oxygen atoms in total. The zero-order valence-corrected chi connectivity index (χ0v) is 11.3. The molecule has 0 aromatic heterocycles. The van der Waals surface area contributed by atoms with Crippen LogP contribution in [0.5, 0.6) is 0 Å². The van der Waals surface area contributed by atoms with Crippen LogP contribution in [0.2, 0.25) is 0 Å². The van der Waals surface area contributed by atoms with Crippen LogP contribution < -0.4 is 5.73 Å². The van der Waals surface area contributed by atoms with Crippen molar-refractivity contribution in [3.63, 3.8) is 0 Å². The number of sulfone groups is 1. The van der Waals surface area contributed by atoms with Gasteiger partial charge in [-0.1, -0.05) is 19.4 Å². The summed E-state index contributed by atoms with van der Waals surface area (Å²) in [4.78, 5) is 0.451. The smallest absolute Gasteiger partial charge is 0.183 e. The van der Waals surface area contributed by atoms with Crippen molar-refractivity contribution in [2.24, 2.45) is 5.73 Å². The van der Waals surface area contributed by atoms with Gasteiger partial charge < -0.3 is 5.73 Å². The summed E-state index contributed by atoms with van der Waals surface area (Å²) < 4.78 is 24.7. The average molecular weight is 253 g/mol. The van der Waals surface area contributed by atoms with Crippen molar-refractivity contribution >= 4 is 9.84 Å². The Morgan fingerprint density at radius 3 is 2.41 bits per heavy atom. The van der Waals surface area contributed by atoms with E-state index in [2.05, 4.69) is 0 Å². The largest absolute Gasteiger partial charge is 0.323 e. The van der Waals surface area contributed by atoms with E-state index in [-0.39, 0.29) is 6.04 Å². The molecule has 0 bridgehead atoms. The first-order valence-electron chi connectivity index (χ1n) is 6.00. The Morgan fingerprint density at radius 1 is 1.24 bits per heavy atom. The van der Waals surface area contributed by atoms with E-state index in [9.17, 15) is 8.42 Å². The standard InChI is InChI=1S/C13H19NO2S/c1-4-5-11-13(14)10-6-8(2)9(3)7-12(10)17(11,15)16/h6-7,11,13H,4-5,14H2,1-3H3. The van der Waals surface area contributed by atoms with Crippen LogP contribution in [-0.4, -0.2) is 13.7 Å². The first-order chi connectivity index (χ1) is 7.89. The molecule has 2 unspecified atom stereocenters. The average Bonchev–Trinajstić information content (AvgIpc) is 2.42. The number of nitrogens with two attached hydrogens (primary N) is 1. The highest BCUT2D eigenvalue weighted by Crippen LogP contribution is 2.40. The van der Waals surface area contributed by atoms with Gasteiger partial charge in [0.2, 0.25) is 0 Å². The lowest BCUT2D eigenvalue weighted by atomic mass is 9.98. The number of benzene rings is 1. The Hall–Kier alpha value is -0.870.